The summed E-state index contributed by atoms with van der Waals surface area (Å²) in [5.41, 5.74) is 0.916. The molecule has 0 amide bonds. The molecule has 2 aromatic rings. The van der Waals surface area contributed by atoms with Gasteiger partial charge in [-0.2, -0.15) is 0 Å². The Bertz CT molecular complexity index is 509. The summed E-state index contributed by atoms with van der Waals surface area (Å²) in [5.74, 6) is 0.982. The number of halogens is 1. The lowest BCUT2D eigenvalue weighted by atomic mass is 10.1. The summed E-state index contributed by atoms with van der Waals surface area (Å²) in [7, 11) is 3.69. The van der Waals surface area contributed by atoms with Crippen LogP contribution in [0.4, 0.5) is 0 Å². The second kappa shape index (κ2) is 6.36. The Balaban J connectivity index is 2.20. The highest BCUT2D eigenvalue weighted by molar-refractivity contribution is 9.10. The maximum Gasteiger partial charge on any atom is 0.148 e. The number of furan rings is 1. The van der Waals surface area contributed by atoms with Crippen molar-refractivity contribution in [1.29, 1.82) is 0 Å². The molecule has 1 heterocycles. The van der Waals surface area contributed by atoms with Gasteiger partial charge < -0.3 is 14.5 Å². The standard InChI is InChI=1S/C14H18BrNO2/c1-16-12(7-4-8-17-2)13-9-10-5-3-6-11(15)14(10)18-13/h3,5-6,9,12,16H,4,7-8H2,1-2H3. The van der Waals surface area contributed by atoms with Crippen LogP contribution in [0, 0.1) is 0 Å². The van der Waals surface area contributed by atoms with Gasteiger partial charge in [0.15, 0.2) is 0 Å². The van der Waals surface area contributed by atoms with E-state index in [1.165, 1.54) is 0 Å². The van der Waals surface area contributed by atoms with Gasteiger partial charge in [0, 0.05) is 19.1 Å². The Kier molecular flexibility index (Phi) is 4.80. The van der Waals surface area contributed by atoms with Gasteiger partial charge in [0.2, 0.25) is 0 Å². The lowest BCUT2D eigenvalue weighted by Gasteiger charge is -2.12. The number of ether oxygens (including phenoxy) is 1. The molecule has 1 aromatic carbocycles. The largest absolute Gasteiger partial charge is 0.458 e. The first-order valence-electron chi connectivity index (χ1n) is 6.10. The Morgan fingerprint density at radius 3 is 2.94 bits per heavy atom. The van der Waals surface area contributed by atoms with E-state index in [0.29, 0.717) is 0 Å². The Morgan fingerprint density at radius 1 is 1.44 bits per heavy atom. The number of methoxy groups -OCH3 is 1. The number of hydrogen-bond acceptors (Lipinski definition) is 3. The number of rotatable bonds is 6. The van der Waals surface area contributed by atoms with E-state index in [1.807, 2.05) is 19.2 Å². The van der Waals surface area contributed by atoms with Crippen molar-refractivity contribution in [3.05, 3.63) is 34.5 Å². The Labute approximate surface area is 116 Å². The van der Waals surface area contributed by atoms with Crippen molar-refractivity contribution in [3.8, 4) is 0 Å². The Morgan fingerprint density at radius 2 is 2.28 bits per heavy atom. The highest BCUT2D eigenvalue weighted by Gasteiger charge is 2.15. The summed E-state index contributed by atoms with van der Waals surface area (Å²) in [6.45, 7) is 0.780. The van der Waals surface area contributed by atoms with Gasteiger partial charge >= 0.3 is 0 Å². The lowest BCUT2D eigenvalue weighted by Crippen LogP contribution is -2.16. The first kappa shape index (κ1) is 13.6. The molecule has 0 aliphatic heterocycles. The van der Waals surface area contributed by atoms with E-state index in [2.05, 4.69) is 33.4 Å². The lowest BCUT2D eigenvalue weighted by molar-refractivity contribution is 0.188. The molecule has 0 bridgehead atoms. The van der Waals surface area contributed by atoms with Crippen LogP contribution >= 0.6 is 15.9 Å². The zero-order chi connectivity index (χ0) is 13.0. The number of benzene rings is 1. The van der Waals surface area contributed by atoms with Crippen LogP contribution in [0.25, 0.3) is 11.0 Å². The summed E-state index contributed by atoms with van der Waals surface area (Å²) in [6, 6.07) is 8.42. The van der Waals surface area contributed by atoms with Crippen LogP contribution in [-0.4, -0.2) is 20.8 Å². The summed E-state index contributed by atoms with van der Waals surface area (Å²) >= 11 is 3.51. The third kappa shape index (κ3) is 2.94. The molecule has 18 heavy (non-hydrogen) atoms. The molecule has 3 nitrogen and oxygen atoms in total. The molecule has 0 aliphatic carbocycles. The third-order valence-electron chi connectivity index (χ3n) is 3.05. The van der Waals surface area contributed by atoms with Crippen molar-refractivity contribution in [3.63, 3.8) is 0 Å². The van der Waals surface area contributed by atoms with Crippen LogP contribution in [0.1, 0.15) is 24.6 Å². The maximum atomic E-state index is 5.93. The van der Waals surface area contributed by atoms with Crippen LogP contribution < -0.4 is 5.32 Å². The topological polar surface area (TPSA) is 34.4 Å². The van der Waals surface area contributed by atoms with E-state index in [1.54, 1.807) is 7.11 Å². The van der Waals surface area contributed by atoms with Crippen molar-refractivity contribution >= 4 is 26.9 Å². The Hall–Kier alpha value is -0.840. The van der Waals surface area contributed by atoms with Crippen LogP contribution in [0.2, 0.25) is 0 Å². The summed E-state index contributed by atoms with van der Waals surface area (Å²) < 4.78 is 12.0. The highest BCUT2D eigenvalue weighted by Crippen LogP contribution is 2.30. The predicted octanol–water partition coefficient (Wildman–Crippen LogP) is 3.88. The first-order chi connectivity index (χ1) is 8.76. The van der Waals surface area contributed by atoms with E-state index in [9.17, 15) is 0 Å². The van der Waals surface area contributed by atoms with Gasteiger partial charge in [-0.05, 0) is 48.0 Å². The van der Waals surface area contributed by atoms with Crippen LogP contribution in [-0.2, 0) is 4.74 Å². The molecular formula is C14H18BrNO2. The predicted molar refractivity (Wildman–Crippen MR) is 76.8 cm³/mol. The molecular weight excluding hydrogens is 294 g/mol. The number of fused-ring (bicyclic) bond motifs is 1. The molecule has 1 N–H and O–H groups in total. The van der Waals surface area contributed by atoms with Gasteiger partial charge in [0.1, 0.15) is 11.3 Å². The summed E-state index contributed by atoms with van der Waals surface area (Å²) in [6.07, 6.45) is 2.02. The van der Waals surface area contributed by atoms with Crippen LogP contribution in [0.3, 0.4) is 0 Å². The van der Waals surface area contributed by atoms with Crippen molar-refractivity contribution in [2.24, 2.45) is 0 Å². The molecule has 98 valence electrons. The smallest absolute Gasteiger partial charge is 0.148 e. The molecule has 0 spiro atoms. The van der Waals surface area contributed by atoms with Crippen LogP contribution in [0.15, 0.2) is 33.2 Å². The fraction of sp³-hybridized carbons (Fsp3) is 0.429. The minimum Gasteiger partial charge on any atom is -0.458 e. The van der Waals surface area contributed by atoms with E-state index < -0.39 is 0 Å². The third-order valence-corrected chi connectivity index (χ3v) is 3.67. The minimum absolute atomic E-state index is 0.236. The van der Waals surface area contributed by atoms with Crippen LogP contribution in [0.5, 0.6) is 0 Å². The van der Waals surface area contributed by atoms with Crippen molar-refractivity contribution < 1.29 is 9.15 Å². The molecule has 0 radical (unpaired) electrons. The minimum atomic E-state index is 0.236. The maximum absolute atomic E-state index is 5.93. The van der Waals surface area contributed by atoms with Gasteiger partial charge in [-0.25, -0.2) is 0 Å². The number of para-hydroxylation sites is 1. The average molecular weight is 312 g/mol. The summed E-state index contributed by atoms with van der Waals surface area (Å²) in [5, 5.41) is 4.42. The molecule has 1 unspecified atom stereocenters. The zero-order valence-electron chi connectivity index (χ0n) is 10.7. The normalized spacial score (nSPS) is 13.1. The van der Waals surface area contributed by atoms with Gasteiger partial charge in [-0.3, -0.25) is 0 Å². The SMILES string of the molecule is CNC(CCCOC)c1cc2cccc(Br)c2o1. The van der Waals surface area contributed by atoms with Gasteiger partial charge in [0.05, 0.1) is 10.5 Å². The highest BCUT2D eigenvalue weighted by atomic mass is 79.9. The van der Waals surface area contributed by atoms with E-state index >= 15 is 0 Å². The average Bonchev–Trinajstić information content (AvgIpc) is 2.80. The van der Waals surface area contributed by atoms with Crippen molar-refractivity contribution in [1.82, 2.24) is 5.32 Å². The second-order valence-electron chi connectivity index (χ2n) is 4.28. The van der Waals surface area contributed by atoms with E-state index in [4.69, 9.17) is 9.15 Å². The zero-order valence-corrected chi connectivity index (χ0v) is 12.3. The van der Waals surface area contributed by atoms with Gasteiger partial charge in [0.25, 0.3) is 0 Å². The molecule has 1 aromatic heterocycles. The molecule has 0 saturated carbocycles. The molecule has 0 aliphatic rings. The molecule has 2 rings (SSSR count). The summed E-state index contributed by atoms with van der Waals surface area (Å²) in [4.78, 5) is 0. The fourth-order valence-corrected chi connectivity index (χ4v) is 2.54. The number of nitrogens with one attached hydrogen (secondary N) is 1. The fourth-order valence-electron chi connectivity index (χ4n) is 2.08. The van der Waals surface area contributed by atoms with Gasteiger partial charge in [-0.15, -0.1) is 0 Å². The molecule has 4 heteroatoms. The van der Waals surface area contributed by atoms with Crippen molar-refractivity contribution in [2.45, 2.75) is 18.9 Å². The number of hydrogen-bond donors (Lipinski definition) is 1. The van der Waals surface area contributed by atoms with E-state index in [0.717, 1.165) is 40.7 Å². The quantitative estimate of drug-likeness (QED) is 0.822. The molecule has 1 atom stereocenters. The van der Waals surface area contributed by atoms with E-state index in [-0.39, 0.29) is 6.04 Å². The first-order valence-corrected chi connectivity index (χ1v) is 6.89. The second-order valence-corrected chi connectivity index (χ2v) is 5.14. The van der Waals surface area contributed by atoms with Crippen molar-refractivity contribution in [2.75, 3.05) is 20.8 Å². The molecule has 0 saturated heterocycles. The molecule has 0 fully saturated rings. The van der Waals surface area contributed by atoms with Gasteiger partial charge in [-0.1, -0.05) is 12.1 Å². The monoisotopic (exact) mass is 311 g/mol.